The average molecular weight is 343 g/mol. The molecule has 124 valence electrons. The Labute approximate surface area is 146 Å². The zero-order chi connectivity index (χ0) is 17.3. The van der Waals surface area contributed by atoms with E-state index >= 15 is 0 Å². The van der Waals surface area contributed by atoms with Gasteiger partial charge in [0.25, 0.3) is 5.91 Å². The summed E-state index contributed by atoms with van der Waals surface area (Å²) in [6.07, 6.45) is 0.585. The minimum atomic E-state index is -0.519. The molecular formula is C19H19ClN2O2. The van der Waals surface area contributed by atoms with Crippen LogP contribution in [0.5, 0.6) is 0 Å². The Hall–Kier alpha value is -2.33. The van der Waals surface area contributed by atoms with Crippen LogP contribution in [0, 0.1) is 13.8 Å². The van der Waals surface area contributed by atoms with Crippen molar-refractivity contribution in [3.05, 3.63) is 64.2 Å². The molecule has 0 radical (unpaired) electrons. The molecule has 0 saturated carbocycles. The van der Waals surface area contributed by atoms with Crippen LogP contribution in [0.15, 0.2) is 42.5 Å². The quantitative estimate of drug-likeness (QED) is 0.928. The highest BCUT2D eigenvalue weighted by Gasteiger charge is 2.34. The van der Waals surface area contributed by atoms with Gasteiger partial charge in [0, 0.05) is 12.2 Å². The van der Waals surface area contributed by atoms with E-state index in [1.165, 1.54) is 0 Å². The second-order valence-electron chi connectivity index (χ2n) is 6.13. The summed E-state index contributed by atoms with van der Waals surface area (Å²) in [4.78, 5) is 26.7. The number of benzene rings is 2. The first-order valence-corrected chi connectivity index (χ1v) is 8.28. The standard InChI is InChI=1S/C19H19ClN2O2/c1-12-9-13(2)11-14(10-12)22-8-7-17(19(22)24)21-18(23)15-5-3-4-6-16(15)20/h3-6,9-11,17H,7-8H2,1-2H3,(H,21,23)/t17-/m0/s1. The third kappa shape index (κ3) is 3.29. The lowest BCUT2D eigenvalue weighted by Crippen LogP contribution is -2.41. The lowest BCUT2D eigenvalue weighted by Gasteiger charge is -2.18. The molecule has 1 N–H and O–H groups in total. The minimum absolute atomic E-state index is 0.0830. The number of halogens is 1. The van der Waals surface area contributed by atoms with Crippen molar-refractivity contribution in [1.29, 1.82) is 0 Å². The van der Waals surface area contributed by atoms with Crippen molar-refractivity contribution in [1.82, 2.24) is 5.32 Å². The molecule has 0 aromatic heterocycles. The highest BCUT2D eigenvalue weighted by molar-refractivity contribution is 6.33. The molecule has 0 unspecified atom stereocenters. The number of carbonyl (C=O) groups is 2. The van der Waals surface area contributed by atoms with Gasteiger partial charge >= 0.3 is 0 Å². The maximum absolute atomic E-state index is 12.7. The van der Waals surface area contributed by atoms with Gasteiger partial charge in [-0.15, -0.1) is 0 Å². The molecule has 1 aliphatic rings. The lowest BCUT2D eigenvalue weighted by molar-refractivity contribution is -0.118. The Bertz CT molecular complexity index is 783. The van der Waals surface area contributed by atoms with Crippen LogP contribution in [-0.2, 0) is 4.79 Å². The third-order valence-electron chi connectivity index (χ3n) is 4.15. The van der Waals surface area contributed by atoms with Crippen molar-refractivity contribution in [2.24, 2.45) is 0 Å². The molecule has 1 heterocycles. The van der Waals surface area contributed by atoms with E-state index in [2.05, 4.69) is 11.4 Å². The van der Waals surface area contributed by atoms with Gasteiger partial charge < -0.3 is 10.2 Å². The van der Waals surface area contributed by atoms with Gasteiger partial charge in [-0.1, -0.05) is 29.8 Å². The van der Waals surface area contributed by atoms with Crippen molar-refractivity contribution >= 4 is 29.1 Å². The van der Waals surface area contributed by atoms with Gasteiger partial charge in [-0.3, -0.25) is 9.59 Å². The molecule has 2 aromatic carbocycles. The van der Waals surface area contributed by atoms with Crippen LogP contribution < -0.4 is 10.2 Å². The summed E-state index contributed by atoms with van der Waals surface area (Å²) in [6, 6.07) is 12.4. The largest absolute Gasteiger partial charge is 0.340 e. The van der Waals surface area contributed by atoms with Crippen LogP contribution in [0.4, 0.5) is 5.69 Å². The van der Waals surface area contributed by atoms with E-state index in [1.807, 2.05) is 26.0 Å². The molecule has 3 rings (SSSR count). The fourth-order valence-corrected chi connectivity index (χ4v) is 3.28. The molecule has 1 fully saturated rings. The summed E-state index contributed by atoms with van der Waals surface area (Å²) < 4.78 is 0. The van der Waals surface area contributed by atoms with Gasteiger partial charge in [0.2, 0.25) is 5.91 Å². The molecule has 1 saturated heterocycles. The predicted molar refractivity (Wildman–Crippen MR) is 95.6 cm³/mol. The molecule has 4 nitrogen and oxygen atoms in total. The summed E-state index contributed by atoms with van der Waals surface area (Å²) in [5.74, 6) is -0.401. The van der Waals surface area contributed by atoms with Gasteiger partial charge in [-0.25, -0.2) is 0 Å². The van der Waals surface area contributed by atoms with E-state index < -0.39 is 6.04 Å². The van der Waals surface area contributed by atoms with Crippen molar-refractivity contribution in [2.75, 3.05) is 11.4 Å². The average Bonchev–Trinajstić information content (AvgIpc) is 2.87. The number of rotatable bonds is 3. The smallest absolute Gasteiger partial charge is 0.253 e. The van der Waals surface area contributed by atoms with Crippen molar-refractivity contribution in [3.63, 3.8) is 0 Å². The number of amides is 2. The Morgan fingerprint density at radius 2 is 1.83 bits per heavy atom. The highest BCUT2D eigenvalue weighted by atomic mass is 35.5. The normalized spacial score (nSPS) is 17.2. The zero-order valence-electron chi connectivity index (χ0n) is 13.7. The van der Waals surface area contributed by atoms with Gasteiger partial charge in [-0.2, -0.15) is 0 Å². The molecular weight excluding hydrogens is 324 g/mol. The van der Waals surface area contributed by atoms with Gasteiger partial charge in [-0.05, 0) is 55.7 Å². The first-order chi connectivity index (χ1) is 11.5. The summed E-state index contributed by atoms with van der Waals surface area (Å²) in [5.41, 5.74) is 3.49. The maximum Gasteiger partial charge on any atom is 0.253 e. The number of nitrogens with zero attached hydrogens (tertiary/aromatic N) is 1. The van der Waals surface area contributed by atoms with E-state index in [0.29, 0.717) is 23.6 Å². The van der Waals surface area contributed by atoms with Crippen molar-refractivity contribution < 1.29 is 9.59 Å². The van der Waals surface area contributed by atoms with Crippen molar-refractivity contribution in [3.8, 4) is 0 Å². The second kappa shape index (κ2) is 6.65. The molecule has 0 spiro atoms. The Kier molecular flexibility index (Phi) is 4.58. The number of aryl methyl sites for hydroxylation is 2. The predicted octanol–water partition coefficient (Wildman–Crippen LogP) is 3.49. The van der Waals surface area contributed by atoms with Gasteiger partial charge in [0.05, 0.1) is 10.6 Å². The van der Waals surface area contributed by atoms with Crippen LogP contribution in [0.1, 0.15) is 27.9 Å². The number of hydrogen-bond acceptors (Lipinski definition) is 2. The van der Waals surface area contributed by atoms with E-state index in [0.717, 1.165) is 16.8 Å². The Morgan fingerprint density at radius 1 is 1.17 bits per heavy atom. The second-order valence-corrected chi connectivity index (χ2v) is 6.54. The van der Waals surface area contributed by atoms with E-state index in [9.17, 15) is 9.59 Å². The summed E-state index contributed by atoms with van der Waals surface area (Å²) in [5, 5.41) is 3.18. The fraction of sp³-hybridized carbons (Fsp3) is 0.263. The number of nitrogens with one attached hydrogen (secondary N) is 1. The topological polar surface area (TPSA) is 49.4 Å². The lowest BCUT2D eigenvalue weighted by atomic mass is 10.1. The summed E-state index contributed by atoms with van der Waals surface area (Å²) >= 11 is 6.04. The molecule has 0 aliphatic carbocycles. The minimum Gasteiger partial charge on any atom is -0.340 e. The zero-order valence-corrected chi connectivity index (χ0v) is 14.4. The molecule has 5 heteroatoms. The monoisotopic (exact) mass is 342 g/mol. The summed E-state index contributed by atoms with van der Waals surface area (Å²) in [7, 11) is 0. The van der Waals surface area contributed by atoms with Crippen LogP contribution in [-0.4, -0.2) is 24.4 Å². The Morgan fingerprint density at radius 3 is 2.50 bits per heavy atom. The number of anilines is 1. The first-order valence-electron chi connectivity index (χ1n) is 7.91. The third-order valence-corrected chi connectivity index (χ3v) is 4.48. The van der Waals surface area contributed by atoms with Crippen LogP contribution >= 0.6 is 11.6 Å². The SMILES string of the molecule is Cc1cc(C)cc(N2CC[C@H](NC(=O)c3ccccc3Cl)C2=O)c1. The number of hydrogen-bond donors (Lipinski definition) is 1. The molecule has 1 atom stereocenters. The van der Waals surface area contributed by atoms with E-state index in [4.69, 9.17) is 11.6 Å². The molecule has 1 aliphatic heterocycles. The van der Waals surface area contributed by atoms with Crippen molar-refractivity contribution in [2.45, 2.75) is 26.3 Å². The van der Waals surface area contributed by atoms with E-state index in [-0.39, 0.29) is 11.8 Å². The van der Waals surface area contributed by atoms with Gasteiger partial charge in [0.1, 0.15) is 6.04 Å². The van der Waals surface area contributed by atoms with Crippen LogP contribution in [0.25, 0.3) is 0 Å². The van der Waals surface area contributed by atoms with Crippen LogP contribution in [0.3, 0.4) is 0 Å². The highest BCUT2D eigenvalue weighted by Crippen LogP contribution is 2.24. The fourth-order valence-electron chi connectivity index (χ4n) is 3.06. The number of carbonyl (C=O) groups excluding carboxylic acids is 2. The first kappa shape index (κ1) is 16.5. The molecule has 2 aromatic rings. The molecule has 24 heavy (non-hydrogen) atoms. The van der Waals surface area contributed by atoms with E-state index in [1.54, 1.807) is 29.2 Å². The van der Waals surface area contributed by atoms with Crippen LogP contribution in [0.2, 0.25) is 5.02 Å². The molecule has 0 bridgehead atoms. The summed E-state index contributed by atoms with van der Waals surface area (Å²) in [6.45, 7) is 4.61. The molecule has 2 amide bonds. The maximum atomic E-state index is 12.7. The van der Waals surface area contributed by atoms with Gasteiger partial charge in [0.15, 0.2) is 0 Å². The Balaban J connectivity index is 1.75.